The standard InChI is InChI=1S/C32H34N4O5S/c1-23-7-9-25(10-8-23)21-35-15-17-36(18-16-35)31(32(37)38)20-33-42(39,40)28-13-11-27(12-14-28)41-22-26-19-24(2)34-30-6-4-3-5-29(26)30/h3-14,19-20,33H,15-18,21-22H2,1-2H3,(H,37,38)/b31-20-. The van der Waals surface area contributed by atoms with Gasteiger partial charge in [-0.1, -0.05) is 48.0 Å². The number of fused-ring (bicyclic) bond motifs is 1. The summed E-state index contributed by atoms with van der Waals surface area (Å²) in [6.45, 7) is 7.35. The Morgan fingerprint density at radius 2 is 1.67 bits per heavy atom. The minimum absolute atomic E-state index is 0.00367. The number of carboxylic acids is 1. The zero-order chi connectivity index (χ0) is 29.7. The van der Waals surface area contributed by atoms with Crippen molar-refractivity contribution in [3.05, 3.63) is 113 Å². The second-order valence-corrected chi connectivity index (χ2v) is 12.1. The van der Waals surface area contributed by atoms with Crippen molar-refractivity contribution in [3.63, 3.8) is 0 Å². The molecule has 0 spiro atoms. The van der Waals surface area contributed by atoms with E-state index in [4.69, 9.17) is 4.74 Å². The van der Waals surface area contributed by atoms with Crippen molar-refractivity contribution in [2.24, 2.45) is 0 Å². The molecule has 0 radical (unpaired) electrons. The summed E-state index contributed by atoms with van der Waals surface area (Å²) < 4.78 is 34.2. The average molecular weight is 587 g/mol. The van der Waals surface area contributed by atoms with Crippen molar-refractivity contribution in [3.8, 4) is 5.75 Å². The highest BCUT2D eigenvalue weighted by Crippen LogP contribution is 2.22. The summed E-state index contributed by atoms with van der Waals surface area (Å²) in [5, 5.41) is 10.8. The maximum atomic E-state index is 13.0. The van der Waals surface area contributed by atoms with Gasteiger partial charge in [-0.05, 0) is 55.8 Å². The number of carboxylic acid groups (broad SMARTS) is 1. The third-order valence-corrected chi connectivity index (χ3v) is 8.59. The molecule has 1 saturated heterocycles. The Kier molecular flexibility index (Phi) is 8.75. The smallest absolute Gasteiger partial charge is 0.353 e. The number of benzene rings is 3. The number of nitrogens with zero attached hydrogens (tertiary/aromatic N) is 3. The van der Waals surface area contributed by atoms with Gasteiger partial charge in [0, 0.05) is 55.6 Å². The van der Waals surface area contributed by atoms with Crippen molar-refractivity contribution < 1.29 is 23.1 Å². The summed E-state index contributed by atoms with van der Waals surface area (Å²) in [5.74, 6) is -0.676. The molecule has 3 aromatic carbocycles. The summed E-state index contributed by atoms with van der Waals surface area (Å²) in [6.07, 6.45) is 1.06. The number of aromatic nitrogens is 1. The molecular weight excluding hydrogens is 552 g/mol. The lowest BCUT2D eigenvalue weighted by Gasteiger charge is -2.36. The van der Waals surface area contributed by atoms with Crippen LogP contribution in [-0.4, -0.2) is 60.5 Å². The molecule has 0 aliphatic carbocycles. The van der Waals surface area contributed by atoms with E-state index in [9.17, 15) is 18.3 Å². The maximum absolute atomic E-state index is 13.0. The van der Waals surface area contributed by atoms with E-state index in [-0.39, 0.29) is 10.6 Å². The molecule has 4 aromatic rings. The fraction of sp³-hybridized carbons (Fsp3) is 0.250. The van der Waals surface area contributed by atoms with Crippen LogP contribution in [0, 0.1) is 13.8 Å². The summed E-state index contributed by atoms with van der Waals surface area (Å²) in [7, 11) is -3.99. The molecule has 1 aliphatic rings. The Balaban J connectivity index is 1.19. The normalized spacial score (nSPS) is 14.6. The predicted octanol–water partition coefficient (Wildman–Crippen LogP) is 4.45. The molecular formula is C32H34N4O5S. The molecule has 42 heavy (non-hydrogen) atoms. The second-order valence-electron chi connectivity index (χ2n) is 10.4. The summed E-state index contributed by atoms with van der Waals surface area (Å²) >= 11 is 0. The molecule has 0 unspecified atom stereocenters. The van der Waals surface area contributed by atoms with E-state index in [0.717, 1.165) is 34.9 Å². The number of aryl methyl sites for hydroxylation is 2. The first-order chi connectivity index (χ1) is 20.2. The van der Waals surface area contributed by atoms with Crippen LogP contribution in [0.2, 0.25) is 0 Å². The number of pyridine rings is 1. The summed E-state index contributed by atoms with van der Waals surface area (Å²) in [4.78, 5) is 20.5. The molecule has 1 aromatic heterocycles. The molecule has 2 heterocycles. The van der Waals surface area contributed by atoms with Crippen molar-refractivity contribution in [2.45, 2.75) is 31.9 Å². The lowest BCUT2D eigenvalue weighted by Crippen LogP contribution is -2.46. The van der Waals surface area contributed by atoms with Gasteiger partial charge in [-0.2, -0.15) is 0 Å². The van der Waals surface area contributed by atoms with Crippen LogP contribution in [0.1, 0.15) is 22.4 Å². The van der Waals surface area contributed by atoms with Crippen molar-refractivity contribution >= 4 is 26.9 Å². The van der Waals surface area contributed by atoms with Crippen LogP contribution >= 0.6 is 0 Å². The van der Waals surface area contributed by atoms with Gasteiger partial charge in [0.2, 0.25) is 0 Å². The highest BCUT2D eigenvalue weighted by atomic mass is 32.2. The predicted molar refractivity (Wildman–Crippen MR) is 161 cm³/mol. The van der Waals surface area contributed by atoms with E-state index in [1.165, 1.54) is 23.3 Å². The topological polar surface area (TPSA) is 112 Å². The van der Waals surface area contributed by atoms with Gasteiger partial charge < -0.3 is 14.7 Å². The Hall–Kier alpha value is -4.41. The number of nitrogens with one attached hydrogen (secondary N) is 1. The van der Waals surface area contributed by atoms with Crippen molar-refractivity contribution in [2.75, 3.05) is 26.2 Å². The molecule has 0 saturated carbocycles. The largest absolute Gasteiger partial charge is 0.489 e. The van der Waals surface area contributed by atoms with E-state index in [1.54, 1.807) is 17.0 Å². The van der Waals surface area contributed by atoms with Crippen LogP contribution in [0.25, 0.3) is 10.9 Å². The molecule has 0 bridgehead atoms. The van der Waals surface area contributed by atoms with E-state index >= 15 is 0 Å². The molecule has 0 atom stereocenters. The Morgan fingerprint density at radius 1 is 0.976 bits per heavy atom. The summed E-state index contributed by atoms with van der Waals surface area (Å²) in [6, 6.07) is 24.2. The van der Waals surface area contributed by atoms with Crippen molar-refractivity contribution in [1.29, 1.82) is 0 Å². The molecule has 9 nitrogen and oxygen atoms in total. The Morgan fingerprint density at radius 3 is 2.36 bits per heavy atom. The first-order valence-corrected chi connectivity index (χ1v) is 15.2. The van der Waals surface area contributed by atoms with Gasteiger partial charge in [-0.15, -0.1) is 0 Å². The van der Waals surface area contributed by atoms with Gasteiger partial charge in [0.05, 0.1) is 10.4 Å². The monoisotopic (exact) mass is 586 g/mol. The third-order valence-electron chi connectivity index (χ3n) is 7.27. The minimum atomic E-state index is -3.99. The van der Waals surface area contributed by atoms with Crippen LogP contribution in [0.15, 0.2) is 95.7 Å². The lowest BCUT2D eigenvalue weighted by molar-refractivity contribution is -0.134. The van der Waals surface area contributed by atoms with E-state index in [1.807, 2.05) is 44.2 Å². The highest BCUT2D eigenvalue weighted by Gasteiger charge is 2.24. The van der Waals surface area contributed by atoms with Gasteiger partial charge in [-0.25, -0.2) is 13.2 Å². The van der Waals surface area contributed by atoms with Gasteiger partial charge >= 0.3 is 5.97 Å². The van der Waals surface area contributed by atoms with Crippen molar-refractivity contribution in [1.82, 2.24) is 19.5 Å². The van der Waals surface area contributed by atoms with E-state index in [2.05, 4.69) is 38.9 Å². The number of rotatable bonds is 10. The quantitative estimate of drug-likeness (QED) is 0.262. The molecule has 5 rings (SSSR count). The van der Waals surface area contributed by atoms with Gasteiger partial charge in [-0.3, -0.25) is 14.6 Å². The number of sulfonamides is 1. The third kappa shape index (κ3) is 7.07. The van der Waals surface area contributed by atoms with Crippen LogP contribution in [0.5, 0.6) is 5.75 Å². The first kappa shape index (κ1) is 29.1. The number of para-hydroxylation sites is 1. The highest BCUT2D eigenvalue weighted by molar-refractivity contribution is 7.89. The molecule has 218 valence electrons. The maximum Gasteiger partial charge on any atom is 0.353 e. The molecule has 1 fully saturated rings. The SMILES string of the molecule is Cc1ccc(CN2CCN(/C(=C\NS(=O)(=O)c3ccc(OCc4cc(C)nc5ccccc45)cc3)C(=O)O)CC2)cc1. The fourth-order valence-corrected chi connectivity index (χ4v) is 5.88. The number of hydrogen-bond donors (Lipinski definition) is 2. The zero-order valence-corrected chi connectivity index (χ0v) is 24.5. The molecule has 2 N–H and O–H groups in total. The summed E-state index contributed by atoms with van der Waals surface area (Å²) in [5.41, 5.74) is 5.08. The molecule has 10 heteroatoms. The average Bonchev–Trinajstić information content (AvgIpc) is 2.98. The van der Waals surface area contributed by atoms with Gasteiger partial charge in [0.1, 0.15) is 18.1 Å². The van der Waals surface area contributed by atoms with Gasteiger partial charge in [0.25, 0.3) is 10.0 Å². The number of piperazine rings is 1. The molecule has 0 amide bonds. The number of ether oxygens (including phenoxy) is 1. The van der Waals surface area contributed by atoms with E-state index in [0.29, 0.717) is 38.5 Å². The minimum Gasteiger partial charge on any atom is -0.489 e. The van der Waals surface area contributed by atoms with Crippen LogP contribution < -0.4 is 9.46 Å². The van der Waals surface area contributed by atoms with Crippen LogP contribution in [0.3, 0.4) is 0 Å². The molecule has 1 aliphatic heterocycles. The lowest BCUT2D eigenvalue weighted by atomic mass is 10.1. The van der Waals surface area contributed by atoms with Crippen LogP contribution in [-0.2, 0) is 28.0 Å². The Labute approximate surface area is 246 Å². The number of aliphatic carboxylic acids is 1. The fourth-order valence-electron chi connectivity index (χ4n) is 4.98. The van der Waals surface area contributed by atoms with Gasteiger partial charge in [0.15, 0.2) is 0 Å². The second kappa shape index (κ2) is 12.6. The number of hydrogen-bond acceptors (Lipinski definition) is 7. The zero-order valence-electron chi connectivity index (χ0n) is 23.7. The Bertz CT molecular complexity index is 1700. The van der Waals surface area contributed by atoms with E-state index < -0.39 is 16.0 Å². The first-order valence-electron chi connectivity index (χ1n) is 13.7. The van der Waals surface area contributed by atoms with Crippen LogP contribution in [0.4, 0.5) is 0 Å². The number of carbonyl (C=O) groups is 1.